The third kappa shape index (κ3) is 2.70. The van der Waals surface area contributed by atoms with Crippen LogP contribution in [0.2, 0.25) is 0 Å². The van der Waals surface area contributed by atoms with Gasteiger partial charge in [-0.3, -0.25) is 0 Å². The summed E-state index contributed by atoms with van der Waals surface area (Å²) >= 11 is 0. The minimum absolute atomic E-state index is 0.306. The van der Waals surface area contributed by atoms with Crippen molar-refractivity contribution in [3.05, 3.63) is 23.3 Å². The van der Waals surface area contributed by atoms with Crippen LogP contribution >= 0.6 is 0 Å². The number of hydrogen-bond donors (Lipinski definition) is 1. The molecule has 1 aromatic rings. The maximum Gasteiger partial charge on any atom is 0.231 e. The lowest BCUT2D eigenvalue weighted by molar-refractivity contribution is 0.162. The van der Waals surface area contributed by atoms with E-state index in [4.69, 9.17) is 19.9 Å². The highest BCUT2D eigenvalue weighted by Gasteiger charge is 2.21. The maximum atomic E-state index is 5.54. The summed E-state index contributed by atoms with van der Waals surface area (Å²) in [6.07, 6.45) is 3.10. The van der Waals surface area contributed by atoms with Crippen LogP contribution in [0.4, 0.5) is 0 Å². The SMILES string of the molecule is COCc1ccc(CCCCN)c2c1OCO2. The largest absolute Gasteiger partial charge is 0.453 e. The summed E-state index contributed by atoms with van der Waals surface area (Å²) in [5.74, 6) is 1.73. The van der Waals surface area contributed by atoms with Crippen molar-refractivity contribution < 1.29 is 14.2 Å². The number of fused-ring (bicyclic) bond motifs is 1. The molecule has 0 amide bonds. The van der Waals surface area contributed by atoms with E-state index in [0.29, 0.717) is 13.4 Å². The molecule has 0 aliphatic carbocycles. The smallest absolute Gasteiger partial charge is 0.231 e. The Kier molecular flexibility index (Phi) is 4.23. The third-order valence-electron chi connectivity index (χ3n) is 2.88. The van der Waals surface area contributed by atoms with Gasteiger partial charge in [0.15, 0.2) is 11.5 Å². The van der Waals surface area contributed by atoms with Crippen molar-refractivity contribution in [3.8, 4) is 11.5 Å². The zero-order valence-electron chi connectivity index (χ0n) is 10.2. The Morgan fingerprint density at radius 3 is 2.59 bits per heavy atom. The van der Waals surface area contributed by atoms with E-state index in [0.717, 1.165) is 42.9 Å². The monoisotopic (exact) mass is 237 g/mol. The Morgan fingerprint density at radius 2 is 1.88 bits per heavy atom. The fourth-order valence-electron chi connectivity index (χ4n) is 2.03. The minimum atomic E-state index is 0.306. The highest BCUT2D eigenvalue weighted by Crippen LogP contribution is 2.39. The zero-order valence-corrected chi connectivity index (χ0v) is 10.2. The summed E-state index contributed by atoms with van der Waals surface area (Å²) in [5.41, 5.74) is 7.74. The summed E-state index contributed by atoms with van der Waals surface area (Å²) in [4.78, 5) is 0. The molecule has 1 aliphatic heterocycles. The lowest BCUT2D eigenvalue weighted by atomic mass is 10.0. The van der Waals surface area contributed by atoms with Gasteiger partial charge in [0.1, 0.15) is 0 Å². The first kappa shape index (κ1) is 12.2. The van der Waals surface area contributed by atoms with Crippen LogP contribution < -0.4 is 15.2 Å². The van der Waals surface area contributed by atoms with Gasteiger partial charge in [-0.1, -0.05) is 12.1 Å². The molecule has 2 N–H and O–H groups in total. The van der Waals surface area contributed by atoms with Crippen molar-refractivity contribution in [3.63, 3.8) is 0 Å². The second-order valence-electron chi connectivity index (χ2n) is 4.13. The molecular weight excluding hydrogens is 218 g/mol. The van der Waals surface area contributed by atoms with Crippen molar-refractivity contribution in [1.29, 1.82) is 0 Å². The van der Waals surface area contributed by atoms with Crippen LogP contribution in [0.3, 0.4) is 0 Å². The van der Waals surface area contributed by atoms with Crippen LogP contribution in [-0.4, -0.2) is 20.4 Å². The lowest BCUT2D eigenvalue weighted by Crippen LogP contribution is -2.00. The number of ether oxygens (including phenoxy) is 3. The number of aryl methyl sites for hydroxylation is 1. The van der Waals surface area contributed by atoms with E-state index in [1.165, 1.54) is 5.56 Å². The molecule has 1 aromatic carbocycles. The van der Waals surface area contributed by atoms with E-state index >= 15 is 0 Å². The summed E-state index contributed by atoms with van der Waals surface area (Å²) in [6, 6.07) is 4.15. The standard InChI is InChI=1S/C13H19NO3/c1-15-8-11-6-5-10(4-2-3-7-14)12-13(11)17-9-16-12/h5-6H,2-4,7-9,14H2,1H3. The van der Waals surface area contributed by atoms with Gasteiger partial charge in [-0.2, -0.15) is 0 Å². The maximum absolute atomic E-state index is 5.54. The summed E-state index contributed by atoms with van der Waals surface area (Å²) in [6.45, 7) is 1.59. The summed E-state index contributed by atoms with van der Waals surface area (Å²) < 4.78 is 16.2. The fourth-order valence-corrected chi connectivity index (χ4v) is 2.03. The molecule has 0 fully saturated rings. The lowest BCUT2D eigenvalue weighted by Gasteiger charge is -2.09. The molecule has 2 rings (SSSR count). The molecular formula is C13H19NO3. The molecule has 1 heterocycles. The average Bonchev–Trinajstić information content (AvgIpc) is 2.82. The van der Waals surface area contributed by atoms with Crippen molar-refractivity contribution in [2.45, 2.75) is 25.9 Å². The molecule has 0 atom stereocenters. The fraction of sp³-hybridized carbons (Fsp3) is 0.538. The van der Waals surface area contributed by atoms with Gasteiger partial charge in [0.2, 0.25) is 6.79 Å². The Morgan fingerprint density at radius 1 is 1.18 bits per heavy atom. The van der Waals surface area contributed by atoms with E-state index in [2.05, 4.69) is 12.1 Å². The third-order valence-corrected chi connectivity index (χ3v) is 2.88. The van der Waals surface area contributed by atoms with E-state index < -0.39 is 0 Å². The van der Waals surface area contributed by atoms with Gasteiger partial charge < -0.3 is 19.9 Å². The van der Waals surface area contributed by atoms with Crippen molar-refractivity contribution in [1.82, 2.24) is 0 Å². The van der Waals surface area contributed by atoms with Gasteiger partial charge in [0.25, 0.3) is 0 Å². The molecule has 94 valence electrons. The predicted molar refractivity (Wildman–Crippen MR) is 65.3 cm³/mol. The second-order valence-corrected chi connectivity index (χ2v) is 4.13. The zero-order chi connectivity index (χ0) is 12.1. The highest BCUT2D eigenvalue weighted by atomic mass is 16.7. The number of hydrogen-bond acceptors (Lipinski definition) is 4. The Bertz CT molecular complexity index is 379. The van der Waals surface area contributed by atoms with Crippen LogP contribution in [0.15, 0.2) is 12.1 Å². The number of benzene rings is 1. The van der Waals surface area contributed by atoms with Crippen LogP contribution in [0, 0.1) is 0 Å². The van der Waals surface area contributed by atoms with E-state index in [1.54, 1.807) is 7.11 Å². The molecule has 0 radical (unpaired) electrons. The number of rotatable bonds is 6. The molecule has 0 saturated heterocycles. The van der Waals surface area contributed by atoms with Gasteiger partial charge in [0.05, 0.1) is 6.61 Å². The van der Waals surface area contributed by atoms with Crippen molar-refractivity contribution in [2.24, 2.45) is 5.73 Å². The second kappa shape index (κ2) is 5.89. The molecule has 0 bridgehead atoms. The van der Waals surface area contributed by atoms with Crippen LogP contribution in [-0.2, 0) is 17.8 Å². The highest BCUT2D eigenvalue weighted by molar-refractivity contribution is 5.53. The van der Waals surface area contributed by atoms with Crippen LogP contribution in [0.5, 0.6) is 11.5 Å². The minimum Gasteiger partial charge on any atom is -0.453 e. The number of nitrogens with two attached hydrogens (primary N) is 1. The molecule has 0 unspecified atom stereocenters. The molecule has 4 nitrogen and oxygen atoms in total. The van der Waals surface area contributed by atoms with Gasteiger partial charge >= 0.3 is 0 Å². The molecule has 0 aromatic heterocycles. The first-order chi connectivity index (χ1) is 8.36. The first-order valence-electron chi connectivity index (χ1n) is 5.96. The first-order valence-corrected chi connectivity index (χ1v) is 5.96. The quantitative estimate of drug-likeness (QED) is 0.767. The normalized spacial score (nSPS) is 13.1. The van der Waals surface area contributed by atoms with Crippen LogP contribution in [0.1, 0.15) is 24.0 Å². The molecule has 0 spiro atoms. The summed E-state index contributed by atoms with van der Waals surface area (Å²) in [5, 5.41) is 0. The van der Waals surface area contributed by atoms with Crippen molar-refractivity contribution in [2.75, 3.05) is 20.4 Å². The molecule has 4 heteroatoms. The molecule has 0 saturated carbocycles. The Labute approximate surface area is 102 Å². The summed E-state index contributed by atoms with van der Waals surface area (Å²) in [7, 11) is 1.68. The Balaban J connectivity index is 2.15. The number of methoxy groups -OCH3 is 1. The van der Waals surface area contributed by atoms with E-state index in [1.807, 2.05) is 0 Å². The van der Waals surface area contributed by atoms with Crippen LogP contribution in [0.25, 0.3) is 0 Å². The van der Waals surface area contributed by atoms with Gasteiger partial charge in [-0.25, -0.2) is 0 Å². The average molecular weight is 237 g/mol. The van der Waals surface area contributed by atoms with Gasteiger partial charge in [-0.15, -0.1) is 0 Å². The van der Waals surface area contributed by atoms with E-state index in [9.17, 15) is 0 Å². The predicted octanol–water partition coefficient (Wildman–Crippen LogP) is 1.84. The van der Waals surface area contributed by atoms with Gasteiger partial charge in [-0.05, 0) is 31.4 Å². The van der Waals surface area contributed by atoms with E-state index in [-0.39, 0.29) is 0 Å². The number of unbranched alkanes of at least 4 members (excludes halogenated alkanes) is 1. The van der Waals surface area contributed by atoms with Gasteiger partial charge in [0, 0.05) is 12.7 Å². The molecule has 17 heavy (non-hydrogen) atoms. The Hall–Kier alpha value is -1.26. The topological polar surface area (TPSA) is 53.7 Å². The molecule has 1 aliphatic rings. The van der Waals surface area contributed by atoms with Crippen molar-refractivity contribution >= 4 is 0 Å².